The minimum Gasteiger partial charge on any atom is -0.344 e. The third-order valence-corrected chi connectivity index (χ3v) is 4.31. The molecule has 1 amide bonds. The van der Waals surface area contributed by atoms with E-state index in [-0.39, 0.29) is 24.4 Å². The Morgan fingerprint density at radius 2 is 1.87 bits per heavy atom. The van der Waals surface area contributed by atoms with Gasteiger partial charge in [0.25, 0.3) is 5.91 Å². The Labute approximate surface area is 144 Å². The first-order valence-corrected chi connectivity index (χ1v) is 7.63. The maximum atomic E-state index is 12.6. The number of hydrogen-bond acceptors (Lipinski definition) is 2. The summed E-state index contributed by atoms with van der Waals surface area (Å²) in [6, 6.07) is 12.3. The van der Waals surface area contributed by atoms with Gasteiger partial charge in [-0.05, 0) is 32.4 Å². The summed E-state index contributed by atoms with van der Waals surface area (Å²) >= 11 is 0. The molecule has 0 aliphatic carbocycles. The van der Waals surface area contributed by atoms with E-state index in [1.165, 1.54) is 5.56 Å². The van der Waals surface area contributed by atoms with Crippen molar-refractivity contribution in [1.29, 1.82) is 0 Å². The monoisotopic (exact) mass is 335 g/mol. The molecule has 2 aromatic rings. The number of nitrogens with two attached hydrogens (primary N) is 1. The Morgan fingerprint density at radius 3 is 2.43 bits per heavy atom. The maximum Gasteiger partial charge on any atom is 0.255 e. The number of hydrogen-bond donors (Lipinski definition) is 1. The molecule has 1 heterocycles. The summed E-state index contributed by atoms with van der Waals surface area (Å²) in [7, 11) is 1.81. The quantitative estimate of drug-likeness (QED) is 0.913. The van der Waals surface area contributed by atoms with E-state index >= 15 is 0 Å². The SMILES string of the molecule is Cc1cc(C(=O)N(C)C(C)CN)c(C)n1Cc1ccccc1.Cl. The number of halogens is 1. The van der Waals surface area contributed by atoms with Crippen molar-refractivity contribution in [1.82, 2.24) is 9.47 Å². The van der Waals surface area contributed by atoms with Crippen LogP contribution in [0.2, 0.25) is 0 Å². The normalized spacial score (nSPS) is 11.7. The van der Waals surface area contributed by atoms with E-state index in [1.807, 2.05) is 52.1 Å². The van der Waals surface area contributed by atoms with E-state index in [2.05, 4.69) is 16.7 Å². The second-order valence-electron chi connectivity index (χ2n) is 5.86. The number of benzene rings is 1. The van der Waals surface area contributed by atoms with Gasteiger partial charge in [0.2, 0.25) is 0 Å². The average Bonchev–Trinajstić information content (AvgIpc) is 2.81. The van der Waals surface area contributed by atoms with Crippen LogP contribution in [-0.2, 0) is 6.54 Å². The molecule has 0 spiro atoms. The van der Waals surface area contributed by atoms with Gasteiger partial charge in [-0.1, -0.05) is 30.3 Å². The average molecular weight is 336 g/mol. The van der Waals surface area contributed by atoms with Gasteiger partial charge in [0.1, 0.15) is 0 Å². The fraction of sp³-hybridized carbons (Fsp3) is 0.389. The summed E-state index contributed by atoms with van der Waals surface area (Å²) in [4.78, 5) is 14.4. The Morgan fingerprint density at radius 1 is 1.26 bits per heavy atom. The van der Waals surface area contributed by atoms with Crippen molar-refractivity contribution in [2.45, 2.75) is 33.4 Å². The highest BCUT2D eigenvalue weighted by Gasteiger charge is 2.21. The molecule has 4 nitrogen and oxygen atoms in total. The predicted molar refractivity (Wildman–Crippen MR) is 97.3 cm³/mol. The molecule has 0 fully saturated rings. The van der Waals surface area contributed by atoms with Crippen molar-refractivity contribution in [3.05, 3.63) is 58.9 Å². The zero-order valence-electron chi connectivity index (χ0n) is 14.2. The van der Waals surface area contributed by atoms with Crippen molar-refractivity contribution in [3.8, 4) is 0 Å². The van der Waals surface area contributed by atoms with E-state index in [9.17, 15) is 4.79 Å². The minimum atomic E-state index is 0. The lowest BCUT2D eigenvalue weighted by atomic mass is 10.2. The Kier molecular flexibility index (Phi) is 6.85. The maximum absolute atomic E-state index is 12.6. The smallest absolute Gasteiger partial charge is 0.255 e. The molecule has 0 saturated carbocycles. The van der Waals surface area contributed by atoms with Crippen molar-refractivity contribution >= 4 is 18.3 Å². The van der Waals surface area contributed by atoms with Gasteiger partial charge in [-0.3, -0.25) is 4.79 Å². The number of aromatic nitrogens is 1. The number of nitrogens with zero attached hydrogens (tertiary/aromatic N) is 2. The van der Waals surface area contributed by atoms with Gasteiger partial charge in [-0.15, -0.1) is 12.4 Å². The van der Waals surface area contributed by atoms with Gasteiger partial charge >= 0.3 is 0 Å². The van der Waals surface area contributed by atoms with Gasteiger partial charge in [-0.25, -0.2) is 0 Å². The van der Waals surface area contributed by atoms with Gasteiger partial charge in [-0.2, -0.15) is 0 Å². The van der Waals surface area contributed by atoms with Crippen LogP contribution in [0.1, 0.15) is 34.2 Å². The van der Waals surface area contributed by atoms with Gasteiger partial charge in [0, 0.05) is 37.6 Å². The number of carbonyl (C=O) groups is 1. The van der Waals surface area contributed by atoms with Gasteiger partial charge < -0.3 is 15.2 Å². The zero-order chi connectivity index (χ0) is 16.3. The highest BCUT2D eigenvalue weighted by Crippen LogP contribution is 2.19. The Hall–Kier alpha value is -1.78. The van der Waals surface area contributed by atoms with E-state index in [0.29, 0.717) is 6.54 Å². The van der Waals surface area contributed by atoms with Crippen molar-refractivity contribution in [2.24, 2.45) is 5.73 Å². The molecule has 1 unspecified atom stereocenters. The Bertz CT molecular complexity index is 652. The molecule has 0 saturated heterocycles. The minimum absolute atomic E-state index is 0. The number of carbonyl (C=O) groups excluding carboxylic acids is 1. The molecular weight excluding hydrogens is 310 g/mol. The first kappa shape index (κ1) is 19.3. The summed E-state index contributed by atoms with van der Waals surface area (Å²) < 4.78 is 2.18. The summed E-state index contributed by atoms with van der Waals surface area (Å²) in [5, 5.41) is 0. The van der Waals surface area contributed by atoms with Crippen LogP contribution in [0.5, 0.6) is 0 Å². The third-order valence-electron chi connectivity index (χ3n) is 4.31. The lowest BCUT2D eigenvalue weighted by Gasteiger charge is -2.23. The predicted octanol–water partition coefficient (Wildman–Crippen LogP) is 2.99. The number of rotatable bonds is 5. The standard InChI is InChI=1S/C18H25N3O.ClH/c1-13-10-17(18(22)20(4)14(2)11-19)15(3)21(13)12-16-8-6-5-7-9-16;/h5-10,14H,11-12,19H2,1-4H3;1H. The van der Waals surface area contributed by atoms with Crippen LogP contribution < -0.4 is 5.73 Å². The molecule has 0 bridgehead atoms. The highest BCUT2D eigenvalue weighted by atomic mass is 35.5. The molecule has 2 N–H and O–H groups in total. The van der Waals surface area contributed by atoms with Crippen LogP contribution in [0.3, 0.4) is 0 Å². The first-order valence-electron chi connectivity index (χ1n) is 7.63. The lowest BCUT2D eigenvalue weighted by Crippen LogP contribution is -2.39. The van der Waals surface area contributed by atoms with Crippen molar-refractivity contribution in [3.63, 3.8) is 0 Å². The molecule has 1 aromatic carbocycles. The largest absolute Gasteiger partial charge is 0.344 e. The van der Waals surface area contributed by atoms with Crippen LogP contribution in [0.15, 0.2) is 36.4 Å². The number of amides is 1. The first-order chi connectivity index (χ1) is 10.5. The lowest BCUT2D eigenvalue weighted by molar-refractivity contribution is 0.0747. The second-order valence-corrected chi connectivity index (χ2v) is 5.86. The summed E-state index contributed by atoms with van der Waals surface area (Å²) in [5.74, 6) is 0.0327. The van der Waals surface area contributed by atoms with Crippen molar-refractivity contribution in [2.75, 3.05) is 13.6 Å². The molecule has 1 aromatic heterocycles. The number of aryl methyl sites for hydroxylation is 1. The third kappa shape index (κ3) is 4.15. The summed E-state index contributed by atoms with van der Waals surface area (Å²) in [6.07, 6.45) is 0. The molecule has 0 aliphatic rings. The summed E-state index contributed by atoms with van der Waals surface area (Å²) in [6.45, 7) is 7.25. The summed E-state index contributed by atoms with van der Waals surface area (Å²) in [5.41, 5.74) is 9.75. The molecule has 1 atom stereocenters. The molecular formula is C18H26ClN3O. The van der Waals surface area contributed by atoms with E-state index in [0.717, 1.165) is 23.5 Å². The fourth-order valence-corrected chi connectivity index (χ4v) is 2.58. The topological polar surface area (TPSA) is 51.3 Å². The van der Waals surface area contributed by atoms with E-state index < -0.39 is 0 Å². The van der Waals surface area contributed by atoms with Crippen LogP contribution in [-0.4, -0.2) is 35.0 Å². The van der Waals surface area contributed by atoms with Crippen LogP contribution in [0, 0.1) is 13.8 Å². The van der Waals surface area contributed by atoms with Crippen LogP contribution >= 0.6 is 12.4 Å². The van der Waals surface area contributed by atoms with E-state index in [4.69, 9.17) is 5.73 Å². The molecule has 0 aliphatic heterocycles. The molecule has 23 heavy (non-hydrogen) atoms. The van der Waals surface area contributed by atoms with Crippen LogP contribution in [0.4, 0.5) is 0 Å². The molecule has 2 rings (SSSR count). The van der Waals surface area contributed by atoms with E-state index in [1.54, 1.807) is 4.90 Å². The highest BCUT2D eigenvalue weighted by molar-refractivity contribution is 5.95. The molecule has 126 valence electrons. The Balaban J connectivity index is 0.00000264. The number of likely N-dealkylation sites (N-methyl/N-ethyl adjacent to an activating group) is 1. The van der Waals surface area contributed by atoms with Gasteiger partial charge in [0.15, 0.2) is 0 Å². The molecule has 0 radical (unpaired) electrons. The zero-order valence-corrected chi connectivity index (χ0v) is 15.1. The van der Waals surface area contributed by atoms with Gasteiger partial charge in [0.05, 0.1) is 5.56 Å². The second kappa shape index (κ2) is 8.18. The van der Waals surface area contributed by atoms with Crippen molar-refractivity contribution < 1.29 is 4.79 Å². The molecule has 5 heteroatoms. The fourth-order valence-electron chi connectivity index (χ4n) is 2.58. The van der Waals surface area contributed by atoms with Crippen LogP contribution in [0.25, 0.3) is 0 Å².